The lowest BCUT2D eigenvalue weighted by atomic mass is 9.73. The first-order valence-electron chi connectivity index (χ1n) is 9.39. The van der Waals surface area contributed by atoms with Crippen LogP contribution in [0.1, 0.15) is 31.7 Å². The first-order valence-corrected chi connectivity index (χ1v) is 9.39. The van der Waals surface area contributed by atoms with E-state index in [1.807, 2.05) is 29.2 Å². The number of fused-ring (bicyclic) bond motifs is 2. The number of rotatable bonds is 3. The summed E-state index contributed by atoms with van der Waals surface area (Å²) in [4.78, 5) is 29.5. The van der Waals surface area contributed by atoms with Crippen molar-refractivity contribution in [3.05, 3.63) is 29.8 Å². The fourth-order valence-corrected chi connectivity index (χ4v) is 4.61. The molecule has 3 heterocycles. The van der Waals surface area contributed by atoms with E-state index in [4.69, 9.17) is 0 Å². The second-order valence-corrected chi connectivity index (χ2v) is 7.58. The maximum Gasteiger partial charge on any atom is 0.241 e. The number of carbonyl (C=O) groups excluding carboxylic acids is 2. The van der Waals surface area contributed by atoms with Crippen molar-refractivity contribution >= 4 is 17.5 Å². The molecule has 0 bridgehead atoms. The molecule has 140 valence electrons. The highest BCUT2D eigenvalue weighted by Crippen LogP contribution is 2.47. The fourth-order valence-electron chi connectivity index (χ4n) is 4.61. The van der Waals surface area contributed by atoms with Gasteiger partial charge in [0.05, 0.1) is 12.0 Å². The molecule has 1 aromatic carbocycles. The summed E-state index contributed by atoms with van der Waals surface area (Å²) in [6.45, 7) is 3.47. The van der Waals surface area contributed by atoms with E-state index in [0.29, 0.717) is 32.5 Å². The van der Waals surface area contributed by atoms with Crippen molar-refractivity contribution in [1.29, 1.82) is 0 Å². The van der Waals surface area contributed by atoms with E-state index in [9.17, 15) is 14.7 Å². The molecule has 3 N–H and O–H groups in total. The highest BCUT2D eigenvalue weighted by Gasteiger charge is 2.52. The first-order chi connectivity index (χ1) is 12.6. The predicted octanol–water partition coefficient (Wildman–Crippen LogP) is 0.141. The minimum atomic E-state index is -0.558. The smallest absolute Gasteiger partial charge is 0.241 e. The molecular formula is C19H26N4O3. The summed E-state index contributed by atoms with van der Waals surface area (Å²) in [7, 11) is 0. The van der Waals surface area contributed by atoms with Gasteiger partial charge in [0.15, 0.2) is 0 Å². The minimum Gasteiger partial charge on any atom is -0.395 e. The molecule has 26 heavy (non-hydrogen) atoms. The van der Waals surface area contributed by atoms with Crippen molar-refractivity contribution < 1.29 is 14.7 Å². The number of likely N-dealkylation sites (tertiary alicyclic amines) is 1. The van der Waals surface area contributed by atoms with Gasteiger partial charge in [-0.1, -0.05) is 18.2 Å². The molecule has 4 rings (SSSR count). The number of β-amino-alcohol motifs (C(OH)–C–C–N with tert-alkyl or cyclic N) is 1. The number of nitrogens with zero attached hydrogens (tertiary/aromatic N) is 2. The Kier molecular flexibility index (Phi) is 4.46. The van der Waals surface area contributed by atoms with Crippen LogP contribution in [0.4, 0.5) is 5.69 Å². The third-order valence-electron chi connectivity index (χ3n) is 6.01. The van der Waals surface area contributed by atoms with Gasteiger partial charge in [-0.15, -0.1) is 0 Å². The van der Waals surface area contributed by atoms with Gasteiger partial charge in [-0.3, -0.25) is 15.0 Å². The molecule has 0 saturated carbocycles. The maximum atomic E-state index is 13.2. The van der Waals surface area contributed by atoms with Crippen molar-refractivity contribution in [3.8, 4) is 0 Å². The van der Waals surface area contributed by atoms with E-state index in [-0.39, 0.29) is 30.5 Å². The number of aliphatic hydroxyl groups excluding tert-OH is 1. The molecule has 2 fully saturated rings. The van der Waals surface area contributed by atoms with Gasteiger partial charge in [0.25, 0.3) is 0 Å². The molecule has 0 aromatic heterocycles. The van der Waals surface area contributed by atoms with Crippen LogP contribution >= 0.6 is 0 Å². The number of nitrogens with one attached hydrogen (secondary N) is 2. The topological polar surface area (TPSA) is 84.9 Å². The Morgan fingerprint density at radius 3 is 2.65 bits per heavy atom. The highest BCUT2D eigenvalue weighted by molar-refractivity contribution is 6.08. The van der Waals surface area contributed by atoms with E-state index in [0.717, 1.165) is 17.7 Å². The fraction of sp³-hybridized carbons (Fsp3) is 0.579. The predicted molar refractivity (Wildman–Crippen MR) is 97.5 cm³/mol. The molecule has 7 heteroatoms. The number of aliphatic hydroxyl groups is 1. The number of hydrazine groups is 1. The summed E-state index contributed by atoms with van der Waals surface area (Å²) in [5.74, 6) is 0.178. The van der Waals surface area contributed by atoms with Gasteiger partial charge in [0, 0.05) is 31.4 Å². The van der Waals surface area contributed by atoms with Crippen LogP contribution in [0, 0.1) is 0 Å². The monoisotopic (exact) mass is 358 g/mol. The van der Waals surface area contributed by atoms with Crippen LogP contribution in [0.5, 0.6) is 0 Å². The molecule has 2 unspecified atom stereocenters. The van der Waals surface area contributed by atoms with Gasteiger partial charge in [-0.05, 0) is 37.8 Å². The van der Waals surface area contributed by atoms with Gasteiger partial charge in [-0.2, -0.15) is 0 Å². The zero-order valence-electron chi connectivity index (χ0n) is 15.1. The molecule has 1 aromatic rings. The number of para-hydroxylation sites is 1. The zero-order valence-corrected chi connectivity index (χ0v) is 15.1. The zero-order chi connectivity index (χ0) is 18.3. The van der Waals surface area contributed by atoms with E-state index in [2.05, 4.69) is 17.8 Å². The van der Waals surface area contributed by atoms with Gasteiger partial charge in [-0.25, -0.2) is 5.43 Å². The Bertz CT molecular complexity index is 714. The Morgan fingerprint density at radius 1 is 1.27 bits per heavy atom. The average Bonchev–Trinajstić information content (AvgIpc) is 3.19. The Balaban J connectivity index is 1.53. The Labute approximate surface area is 153 Å². The summed E-state index contributed by atoms with van der Waals surface area (Å²) in [6.07, 6.45) is 2.05. The minimum absolute atomic E-state index is 0.0563. The summed E-state index contributed by atoms with van der Waals surface area (Å²) >= 11 is 0. The standard InChI is InChI=1S/C19H26N4O3/c1-13-12-15(21-20-13)17(25)22-8-6-19(7-9-22)14-4-2-3-5-16(14)23(10-11-24)18(19)26/h2-5,13,15,20-21,24H,6-12H2,1H3. The molecule has 0 aliphatic carbocycles. The van der Waals surface area contributed by atoms with Crippen molar-refractivity contribution in [3.63, 3.8) is 0 Å². The Morgan fingerprint density at radius 2 is 2.00 bits per heavy atom. The van der Waals surface area contributed by atoms with E-state index < -0.39 is 5.41 Å². The van der Waals surface area contributed by atoms with Crippen molar-refractivity contribution in [2.75, 3.05) is 31.1 Å². The van der Waals surface area contributed by atoms with Crippen molar-refractivity contribution in [2.45, 2.75) is 43.7 Å². The third-order valence-corrected chi connectivity index (χ3v) is 6.01. The van der Waals surface area contributed by atoms with Crippen LogP contribution in [0.15, 0.2) is 24.3 Å². The average molecular weight is 358 g/mol. The SMILES string of the molecule is CC1CC(C(=O)N2CCC3(CC2)C(=O)N(CCO)c2ccccc23)NN1. The van der Waals surface area contributed by atoms with Crippen LogP contribution in [0.2, 0.25) is 0 Å². The van der Waals surface area contributed by atoms with Crippen molar-refractivity contribution in [1.82, 2.24) is 15.8 Å². The third kappa shape index (κ3) is 2.62. The molecule has 3 aliphatic heterocycles. The van der Waals surface area contributed by atoms with Crippen LogP contribution in [-0.2, 0) is 15.0 Å². The summed E-state index contributed by atoms with van der Waals surface area (Å²) < 4.78 is 0. The van der Waals surface area contributed by atoms with Gasteiger partial charge >= 0.3 is 0 Å². The van der Waals surface area contributed by atoms with Gasteiger partial charge in [0.1, 0.15) is 6.04 Å². The van der Waals surface area contributed by atoms with Crippen LogP contribution in [0.25, 0.3) is 0 Å². The molecular weight excluding hydrogens is 332 g/mol. The molecule has 2 atom stereocenters. The number of hydrogen-bond acceptors (Lipinski definition) is 5. The highest BCUT2D eigenvalue weighted by atomic mass is 16.3. The van der Waals surface area contributed by atoms with Gasteiger partial charge in [0.2, 0.25) is 11.8 Å². The van der Waals surface area contributed by atoms with E-state index in [1.54, 1.807) is 4.90 Å². The van der Waals surface area contributed by atoms with Crippen LogP contribution < -0.4 is 15.8 Å². The number of anilines is 1. The molecule has 7 nitrogen and oxygen atoms in total. The molecule has 2 saturated heterocycles. The van der Waals surface area contributed by atoms with Gasteiger partial charge < -0.3 is 14.9 Å². The molecule has 0 radical (unpaired) electrons. The second-order valence-electron chi connectivity index (χ2n) is 7.58. The first kappa shape index (κ1) is 17.5. The number of piperidine rings is 1. The van der Waals surface area contributed by atoms with E-state index in [1.165, 1.54) is 0 Å². The molecule has 3 aliphatic rings. The lowest BCUT2D eigenvalue weighted by Crippen LogP contribution is -2.53. The molecule has 2 amide bonds. The number of amides is 2. The Hall–Kier alpha value is -1.96. The lowest BCUT2D eigenvalue weighted by molar-refractivity contribution is -0.137. The van der Waals surface area contributed by atoms with E-state index >= 15 is 0 Å². The van der Waals surface area contributed by atoms with Crippen molar-refractivity contribution in [2.24, 2.45) is 0 Å². The maximum absolute atomic E-state index is 13.2. The lowest BCUT2D eigenvalue weighted by Gasteiger charge is -2.39. The summed E-state index contributed by atoms with van der Waals surface area (Å²) in [5, 5.41) is 9.35. The summed E-state index contributed by atoms with van der Waals surface area (Å²) in [5.41, 5.74) is 7.55. The van der Waals surface area contributed by atoms with Crippen LogP contribution in [0.3, 0.4) is 0 Å². The quantitative estimate of drug-likeness (QED) is 0.716. The second kappa shape index (κ2) is 6.64. The van der Waals surface area contributed by atoms with Crippen LogP contribution in [-0.4, -0.2) is 60.1 Å². The molecule has 1 spiro atoms. The number of hydrogen-bond donors (Lipinski definition) is 3. The number of carbonyl (C=O) groups is 2. The largest absolute Gasteiger partial charge is 0.395 e. The summed E-state index contributed by atoms with van der Waals surface area (Å²) in [6, 6.07) is 7.96. The normalized spacial score (nSPS) is 27.2. The number of benzene rings is 1.